The van der Waals surface area contributed by atoms with Gasteiger partial charge >= 0.3 is 0 Å². The minimum absolute atomic E-state index is 0.0725. The smallest absolute Gasteiger partial charge is 0.253 e. The number of benzene rings is 2. The molecule has 0 bridgehead atoms. The van der Waals surface area contributed by atoms with Crippen molar-refractivity contribution < 1.29 is 18.7 Å². The van der Waals surface area contributed by atoms with Gasteiger partial charge in [-0.2, -0.15) is 0 Å². The number of amides is 1. The van der Waals surface area contributed by atoms with Crippen LogP contribution in [0.4, 0.5) is 0 Å². The van der Waals surface area contributed by atoms with Crippen molar-refractivity contribution in [3.8, 4) is 16.9 Å². The fraction of sp³-hybridized carbons (Fsp3) is 0.0455. The number of nitrogens with two attached hydrogens (primary N) is 1. The lowest BCUT2D eigenvalue weighted by Gasteiger charge is -2.10. The van der Waals surface area contributed by atoms with Gasteiger partial charge < -0.3 is 14.9 Å². The number of carbonyl (C=O) groups excluding carboxylic acids is 2. The normalized spacial score (nSPS) is 10.9. The molecule has 6 nitrogen and oxygen atoms in total. The summed E-state index contributed by atoms with van der Waals surface area (Å²) in [7, 11) is 1.45. The van der Waals surface area contributed by atoms with E-state index in [2.05, 4.69) is 4.98 Å². The third-order valence-corrected chi connectivity index (χ3v) is 5.21. The molecule has 2 aromatic heterocycles. The summed E-state index contributed by atoms with van der Waals surface area (Å²) in [6, 6.07) is 11.7. The fourth-order valence-electron chi connectivity index (χ4n) is 3.33. The van der Waals surface area contributed by atoms with Crippen LogP contribution < -0.4 is 10.5 Å². The Morgan fingerprint density at radius 1 is 1.03 bits per heavy atom. The predicted octanol–water partition coefficient (Wildman–Crippen LogP) is 5.14. The molecule has 0 spiro atoms. The molecule has 2 N–H and O–H groups in total. The standard InChI is InChI=1S/C22H14Cl2N2O4/c1-29-15-8-7-12(16-13(23)9-26-10-14(16)24)17-18(22(25)28)21(30-20(15)17)19(27)11-5-3-2-4-6-11/h2-10H,1H3,(H2,25,28). The van der Waals surface area contributed by atoms with E-state index in [1.54, 1.807) is 42.5 Å². The molecule has 30 heavy (non-hydrogen) atoms. The highest BCUT2D eigenvalue weighted by Crippen LogP contribution is 2.44. The number of hydrogen-bond donors (Lipinski definition) is 1. The second kappa shape index (κ2) is 7.82. The minimum Gasteiger partial charge on any atom is -0.493 e. The highest BCUT2D eigenvalue weighted by molar-refractivity contribution is 6.40. The summed E-state index contributed by atoms with van der Waals surface area (Å²) in [5, 5.41) is 0.819. The highest BCUT2D eigenvalue weighted by Gasteiger charge is 2.30. The number of methoxy groups -OCH3 is 1. The van der Waals surface area contributed by atoms with Crippen LogP contribution in [0.5, 0.6) is 5.75 Å². The Morgan fingerprint density at radius 2 is 1.70 bits per heavy atom. The van der Waals surface area contributed by atoms with E-state index in [0.29, 0.717) is 22.4 Å². The van der Waals surface area contributed by atoms with Gasteiger partial charge in [0.1, 0.15) is 0 Å². The van der Waals surface area contributed by atoms with Crippen molar-refractivity contribution in [1.29, 1.82) is 0 Å². The molecule has 1 amide bonds. The van der Waals surface area contributed by atoms with Gasteiger partial charge in [-0.25, -0.2) is 0 Å². The Kier molecular flexibility index (Phi) is 5.20. The molecular formula is C22H14Cl2N2O4. The fourth-order valence-corrected chi connectivity index (χ4v) is 3.90. The van der Waals surface area contributed by atoms with Crippen molar-refractivity contribution in [2.45, 2.75) is 0 Å². The van der Waals surface area contributed by atoms with E-state index in [0.717, 1.165) is 0 Å². The van der Waals surface area contributed by atoms with Crippen molar-refractivity contribution in [3.63, 3.8) is 0 Å². The Morgan fingerprint density at radius 3 is 2.30 bits per heavy atom. The quantitative estimate of drug-likeness (QED) is 0.433. The number of fused-ring (bicyclic) bond motifs is 1. The van der Waals surface area contributed by atoms with E-state index in [9.17, 15) is 9.59 Å². The number of nitrogens with zero attached hydrogens (tertiary/aromatic N) is 1. The van der Waals surface area contributed by atoms with E-state index < -0.39 is 11.7 Å². The molecule has 0 unspecified atom stereocenters. The van der Waals surface area contributed by atoms with Crippen LogP contribution >= 0.6 is 23.2 Å². The molecular weight excluding hydrogens is 427 g/mol. The maximum atomic E-state index is 13.1. The molecule has 0 aliphatic heterocycles. The predicted molar refractivity (Wildman–Crippen MR) is 114 cm³/mol. The SMILES string of the molecule is COc1ccc(-c2c(Cl)cncc2Cl)c2c(C(N)=O)c(C(=O)c3ccccc3)oc12. The van der Waals surface area contributed by atoms with Crippen LogP contribution in [-0.2, 0) is 0 Å². The molecule has 0 fully saturated rings. The van der Waals surface area contributed by atoms with Gasteiger partial charge in [0, 0.05) is 28.9 Å². The number of primary amides is 1. The number of aromatic nitrogens is 1. The molecule has 0 aliphatic rings. The van der Waals surface area contributed by atoms with Crippen LogP contribution in [-0.4, -0.2) is 23.8 Å². The lowest BCUT2D eigenvalue weighted by atomic mass is 9.96. The van der Waals surface area contributed by atoms with E-state index in [1.807, 2.05) is 0 Å². The monoisotopic (exact) mass is 440 g/mol. The Bertz CT molecular complexity index is 1280. The lowest BCUT2D eigenvalue weighted by Crippen LogP contribution is -2.15. The van der Waals surface area contributed by atoms with Gasteiger partial charge in [0.2, 0.25) is 5.78 Å². The van der Waals surface area contributed by atoms with E-state index in [-0.39, 0.29) is 32.3 Å². The van der Waals surface area contributed by atoms with Gasteiger partial charge in [0.25, 0.3) is 5.91 Å². The largest absolute Gasteiger partial charge is 0.493 e. The molecule has 4 rings (SSSR count). The summed E-state index contributed by atoms with van der Waals surface area (Å²) < 4.78 is 11.2. The molecule has 0 atom stereocenters. The van der Waals surface area contributed by atoms with Crippen molar-refractivity contribution in [1.82, 2.24) is 4.98 Å². The zero-order chi connectivity index (χ0) is 21.4. The average molecular weight is 441 g/mol. The van der Waals surface area contributed by atoms with Crippen LogP contribution in [0.25, 0.3) is 22.1 Å². The number of ether oxygens (including phenoxy) is 1. The molecule has 4 aromatic rings. The minimum atomic E-state index is -0.830. The second-order valence-electron chi connectivity index (χ2n) is 6.36. The first-order chi connectivity index (χ1) is 14.4. The van der Waals surface area contributed by atoms with Crippen LogP contribution in [0.15, 0.2) is 59.3 Å². The first-order valence-corrected chi connectivity index (χ1v) is 9.52. The van der Waals surface area contributed by atoms with Crippen LogP contribution in [0, 0.1) is 0 Å². The summed E-state index contributed by atoms with van der Waals surface area (Å²) in [5.41, 5.74) is 7.05. The van der Waals surface area contributed by atoms with Crippen LogP contribution in [0.3, 0.4) is 0 Å². The third-order valence-electron chi connectivity index (χ3n) is 4.63. The number of rotatable bonds is 5. The third kappa shape index (κ3) is 3.20. The van der Waals surface area contributed by atoms with Crippen molar-refractivity contribution in [2.75, 3.05) is 7.11 Å². The number of furan rings is 1. The van der Waals surface area contributed by atoms with Gasteiger partial charge in [-0.1, -0.05) is 53.5 Å². The molecule has 0 saturated carbocycles. The Hall–Kier alpha value is -3.35. The highest BCUT2D eigenvalue weighted by atomic mass is 35.5. The Labute approximate surface area is 181 Å². The number of carbonyl (C=O) groups is 2. The average Bonchev–Trinajstić information content (AvgIpc) is 3.15. The summed E-state index contributed by atoms with van der Waals surface area (Å²) in [4.78, 5) is 29.6. The number of halogens is 2. The van der Waals surface area contributed by atoms with Gasteiger partial charge in [-0.05, 0) is 17.7 Å². The molecule has 0 aliphatic carbocycles. The number of ketones is 1. The second-order valence-corrected chi connectivity index (χ2v) is 7.18. The van der Waals surface area contributed by atoms with Gasteiger partial charge in [-0.15, -0.1) is 0 Å². The zero-order valence-corrected chi connectivity index (χ0v) is 17.1. The summed E-state index contributed by atoms with van der Waals surface area (Å²) in [5.74, 6) is -1.18. The van der Waals surface area contributed by atoms with E-state index in [4.69, 9.17) is 38.1 Å². The van der Waals surface area contributed by atoms with Crippen LogP contribution in [0.1, 0.15) is 26.5 Å². The van der Waals surface area contributed by atoms with Gasteiger partial charge in [-0.3, -0.25) is 14.6 Å². The van der Waals surface area contributed by atoms with Crippen LogP contribution in [0.2, 0.25) is 10.0 Å². The molecule has 2 heterocycles. The number of pyridine rings is 1. The molecule has 8 heteroatoms. The van der Waals surface area contributed by atoms with Crippen molar-refractivity contribution in [2.24, 2.45) is 5.73 Å². The summed E-state index contributed by atoms with van der Waals surface area (Å²) in [6.45, 7) is 0. The number of hydrogen-bond acceptors (Lipinski definition) is 5. The summed E-state index contributed by atoms with van der Waals surface area (Å²) in [6.07, 6.45) is 2.86. The van der Waals surface area contributed by atoms with Crippen molar-refractivity contribution >= 4 is 45.9 Å². The molecule has 2 aromatic carbocycles. The van der Waals surface area contributed by atoms with E-state index in [1.165, 1.54) is 19.5 Å². The topological polar surface area (TPSA) is 95.4 Å². The lowest BCUT2D eigenvalue weighted by molar-refractivity contribution is 0.0969. The molecule has 0 saturated heterocycles. The first-order valence-electron chi connectivity index (χ1n) is 8.76. The van der Waals surface area contributed by atoms with Gasteiger partial charge in [0.05, 0.1) is 22.7 Å². The van der Waals surface area contributed by atoms with E-state index >= 15 is 0 Å². The molecule has 150 valence electrons. The Balaban J connectivity index is 2.11. The maximum Gasteiger partial charge on any atom is 0.253 e. The van der Waals surface area contributed by atoms with Crippen molar-refractivity contribution in [3.05, 3.63) is 81.8 Å². The molecule has 0 radical (unpaired) electrons. The summed E-state index contributed by atoms with van der Waals surface area (Å²) >= 11 is 12.7. The zero-order valence-electron chi connectivity index (χ0n) is 15.6. The first kappa shape index (κ1) is 19.9. The van der Waals surface area contributed by atoms with Gasteiger partial charge in [0.15, 0.2) is 17.1 Å². The maximum absolute atomic E-state index is 13.1.